The Hall–Kier alpha value is -2.87. The Labute approximate surface area is 207 Å². The monoisotopic (exact) mass is 481 g/mol. The Balaban J connectivity index is 1.82. The van der Waals surface area contributed by atoms with Crippen LogP contribution in [-0.4, -0.2) is 50.7 Å². The van der Waals surface area contributed by atoms with Gasteiger partial charge in [-0.3, -0.25) is 4.79 Å². The fraction of sp³-hybridized carbons (Fsp3) is 0.464. The van der Waals surface area contributed by atoms with E-state index in [9.17, 15) is 9.90 Å². The summed E-state index contributed by atoms with van der Waals surface area (Å²) < 4.78 is 22.9. The molecule has 2 aromatic carbocycles. The molecule has 3 unspecified atom stereocenters. The second kappa shape index (κ2) is 9.30. The molecule has 0 saturated carbocycles. The normalized spacial score (nSPS) is 27.9. The fourth-order valence-electron chi connectivity index (χ4n) is 4.86. The minimum absolute atomic E-state index is 0.166. The van der Waals surface area contributed by atoms with E-state index in [2.05, 4.69) is 26.1 Å². The van der Waals surface area contributed by atoms with E-state index >= 15 is 0 Å². The van der Waals surface area contributed by atoms with Crippen molar-refractivity contribution >= 4 is 17.7 Å². The number of amides is 1. The molecule has 7 nitrogen and oxygen atoms in total. The lowest BCUT2D eigenvalue weighted by Crippen LogP contribution is -2.53. The maximum absolute atomic E-state index is 12.9. The molecule has 4 rings (SSSR count). The van der Waals surface area contributed by atoms with Crippen molar-refractivity contribution in [2.24, 2.45) is 5.41 Å². The summed E-state index contributed by atoms with van der Waals surface area (Å²) in [6, 6.07) is 10.6. The number of anilines is 1. The fourth-order valence-corrected chi connectivity index (χ4v) is 4.86. The molecule has 3 atom stereocenters. The van der Waals surface area contributed by atoms with Gasteiger partial charge < -0.3 is 29.4 Å². The van der Waals surface area contributed by atoms with E-state index < -0.39 is 23.2 Å². The lowest BCUT2D eigenvalue weighted by Gasteiger charge is -2.41. The Kier molecular flexibility index (Phi) is 6.70. The first kappa shape index (κ1) is 25.2. The highest BCUT2D eigenvalue weighted by Gasteiger charge is 2.52. The molecule has 1 fully saturated rings. The molecule has 0 bridgehead atoms. The van der Waals surface area contributed by atoms with Crippen molar-refractivity contribution in [2.45, 2.75) is 50.9 Å². The molecule has 2 N–H and O–H groups in total. The third-order valence-electron chi connectivity index (χ3n) is 7.12. The van der Waals surface area contributed by atoms with E-state index in [-0.39, 0.29) is 5.41 Å². The first-order valence-corrected chi connectivity index (χ1v) is 11.8. The summed E-state index contributed by atoms with van der Waals surface area (Å²) in [6.07, 6.45) is 4.80. The van der Waals surface area contributed by atoms with Crippen LogP contribution < -0.4 is 14.8 Å². The molecule has 188 valence electrons. The Bertz CT molecular complexity index is 1110. The number of hydrogen-bond donors (Lipinski definition) is 2. The maximum Gasteiger partial charge on any atom is 0.257 e. The highest BCUT2D eigenvalue weighted by molar-refractivity contribution is 6.00. The van der Waals surface area contributed by atoms with Gasteiger partial charge in [-0.15, -0.1) is 0 Å². The molecule has 2 aromatic rings. The lowest BCUT2D eigenvalue weighted by atomic mass is 9.76. The molecule has 0 aliphatic carbocycles. The topological polar surface area (TPSA) is 86.3 Å². The van der Waals surface area contributed by atoms with E-state index in [0.29, 0.717) is 34.9 Å². The summed E-state index contributed by atoms with van der Waals surface area (Å²) in [7, 11) is 4.54. The third-order valence-corrected chi connectivity index (χ3v) is 7.12. The zero-order chi connectivity index (χ0) is 25.4. The number of carbonyl (C=O) groups excluding carboxylic acids is 1. The Morgan fingerprint density at radius 2 is 1.74 bits per heavy atom. The Morgan fingerprint density at radius 3 is 2.31 bits per heavy atom. The molecule has 2 aliphatic rings. The van der Waals surface area contributed by atoms with Gasteiger partial charge in [0.15, 0.2) is 11.7 Å². The van der Waals surface area contributed by atoms with Gasteiger partial charge >= 0.3 is 0 Å². The number of carbonyl (C=O) groups is 1. The molecule has 2 aliphatic heterocycles. The molecule has 1 saturated heterocycles. The molecule has 0 radical (unpaired) electrons. The van der Waals surface area contributed by atoms with Gasteiger partial charge in [0.1, 0.15) is 11.5 Å². The van der Waals surface area contributed by atoms with E-state index in [1.807, 2.05) is 18.2 Å². The van der Waals surface area contributed by atoms with Gasteiger partial charge in [-0.05, 0) is 55.0 Å². The lowest BCUT2D eigenvalue weighted by molar-refractivity contribution is -0.142. The van der Waals surface area contributed by atoms with Gasteiger partial charge in [0.2, 0.25) is 0 Å². The zero-order valence-corrected chi connectivity index (χ0v) is 21.3. The SMILES string of the molecule is COc1ccc(C2(O)c3c(ccc(/C=C/C4(C)CCC(C)(C)CO4)c3OC)NC(=O)C2OC)cc1. The van der Waals surface area contributed by atoms with Crippen molar-refractivity contribution in [3.63, 3.8) is 0 Å². The van der Waals surface area contributed by atoms with Crippen molar-refractivity contribution in [3.05, 3.63) is 59.2 Å². The second-order valence-electron chi connectivity index (χ2n) is 10.3. The summed E-state index contributed by atoms with van der Waals surface area (Å²) in [5, 5.41) is 15.0. The quantitative estimate of drug-likeness (QED) is 0.631. The maximum atomic E-state index is 12.9. The minimum Gasteiger partial charge on any atom is -0.497 e. The molecule has 7 heteroatoms. The van der Waals surface area contributed by atoms with Crippen LogP contribution in [0.4, 0.5) is 5.69 Å². The van der Waals surface area contributed by atoms with Crippen LogP contribution >= 0.6 is 0 Å². The van der Waals surface area contributed by atoms with Crippen LogP contribution in [0.25, 0.3) is 6.08 Å². The number of nitrogens with one attached hydrogen (secondary N) is 1. The van der Waals surface area contributed by atoms with Gasteiger partial charge in [-0.25, -0.2) is 0 Å². The average Bonchev–Trinajstić information content (AvgIpc) is 2.85. The molecular formula is C28H35NO6. The molecule has 0 spiro atoms. The number of methoxy groups -OCH3 is 3. The second-order valence-corrected chi connectivity index (χ2v) is 10.3. The molecule has 1 amide bonds. The number of benzene rings is 2. The van der Waals surface area contributed by atoms with Gasteiger partial charge in [0, 0.05) is 12.7 Å². The van der Waals surface area contributed by atoms with E-state index in [4.69, 9.17) is 18.9 Å². The molecule has 0 aromatic heterocycles. The summed E-state index contributed by atoms with van der Waals surface area (Å²) in [5.74, 6) is 0.660. The predicted octanol–water partition coefficient (Wildman–Crippen LogP) is 4.52. The summed E-state index contributed by atoms with van der Waals surface area (Å²) in [6.45, 7) is 7.19. The van der Waals surface area contributed by atoms with Gasteiger partial charge in [0.05, 0.1) is 37.7 Å². The van der Waals surface area contributed by atoms with Gasteiger partial charge in [-0.1, -0.05) is 38.1 Å². The smallest absolute Gasteiger partial charge is 0.257 e. The average molecular weight is 482 g/mol. The molecule has 35 heavy (non-hydrogen) atoms. The third kappa shape index (κ3) is 4.56. The van der Waals surface area contributed by atoms with Crippen molar-refractivity contribution in [3.8, 4) is 11.5 Å². The molecule has 2 heterocycles. The van der Waals surface area contributed by atoms with E-state index in [0.717, 1.165) is 18.4 Å². The predicted molar refractivity (Wildman–Crippen MR) is 135 cm³/mol. The van der Waals surface area contributed by atoms with Gasteiger partial charge in [0.25, 0.3) is 5.91 Å². The minimum atomic E-state index is -1.79. The van der Waals surface area contributed by atoms with Crippen LogP contribution in [-0.2, 0) is 19.9 Å². The van der Waals surface area contributed by atoms with Crippen molar-refractivity contribution in [2.75, 3.05) is 33.3 Å². The van der Waals surface area contributed by atoms with Crippen LogP contribution in [0, 0.1) is 5.41 Å². The van der Waals surface area contributed by atoms with Crippen LogP contribution in [0.2, 0.25) is 0 Å². The Morgan fingerprint density at radius 1 is 1.03 bits per heavy atom. The zero-order valence-electron chi connectivity index (χ0n) is 21.3. The van der Waals surface area contributed by atoms with Crippen LogP contribution in [0.15, 0.2) is 42.5 Å². The number of hydrogen-bond acceptors (Lipinski definition) is 6. The summed E-state index contributed by atoms with van der Waals surface area (Å²) in [5.41, 5.74) is 0.144. The highest BCUT2D eigenvalue weighted by Crippen LogP contribution is 2.48. The van der Waals surface area contributed by atoms with Crippen molar-refractivity contribution in [1.29, 1.82) is 0 Å². The largest absolute Gasteiger partial charge is 0.497 e. The number of ether oxygens (including phenoxy) is 4. The van der Waals surface area contributed by atoms with Crippen molar-refractivity contribution in [1.82, 2.24) is 0 Å². The number of rotatable bonds is 6. The standard InChI is InChI=1S/C28H35NO6/c1-26(2)15-16-27(3,35-17-26)14-13-18-7-12-21-22(23(18)33-5)28(31,24(34-6)25(30)29-21)19-8-10-20(32-4)11-9-19/h7-14,24,31H,15-17H2,1-6H3,(H,29,30)/b14-13+. The molecular weight excluding hydrogens is 446 g/mol. The van der Waals surface area contributed by atoms with Gasteiger partial charge in [-0.2, -0.15) is 0 Å². The first-order valence-electron chi connectivity index (χ1n) is 11.8. The number of aliphatic hydroxyl groups is 1. The number of fused-ring (bicyclic) bond motifs is 1. The van der Waals surface area contributed by atoms with Crippen LogP contribution in [0.5, 0.6) is 11.5 Å². The van der Waals surface area contributed by atoms with Crippen molar-refractivity contribution < 1.29 is 28.8 Å². The summed E-state index contributed by atoms with van der Waals surface area (Å²) >= 11 is 0. The highest BCUT2D eigenvalue weighted by atomic mass is 16.5. The van der Waals surface area contributed by atoms with Crippen LogP contribution in [0.1, 0.15) is 50.3 Å². The first-order chi connectivity index (χ1) is 16.6. The van der Waals surface area contributed by atoms with E-state index in [1.165, 1.54) is 7.11 Å². The summed E-state index contributed by atoms with van der Waals surface area (Å²) in [4.78, 5) is 12.9. The van der Waals surface area contributed by atoms with E-state index in [1.54, 1.807) is 44.6 Å². The van der Waals surface area contributed by atoms with Crippen LogP contribution in [0.3, 0.4) is 0 Å².